The molecule has 0 aromatic heterocycles. The number of carbonyl (C=O) groups is 1. The summed E-state index contributed by atoms with van der Waals surface area (Å²) in [5.41, 5.74) is 1.26. The molecule has 0 aliphatic carbocycles. The van der Waals surface area contributed by atoms with Gasteiger partial charge in [0.25, 0.3) is 5.91 Å². The average molecular weight is 322 g/mol. The largest absolute Gasteiger partial charge is 0.497 e. The zero-order valence-electron chi connectivity index (χ0n) is 12.9. The lowest BCUT2D eigenvalue weighted by molar-refractivity contribution is -0.112. The zero-order valence-corrected chi connectivity index (χ0v) is 12.9. The Bertz CT molecular complexity index is 835. The summed E-state index contributed by atoms with van der Waals surface area (Å²) in [6, 6.07) is 14.0. The fourth-order valence-electron chi connectivity index (χ4n) is 2.19. The molecule has 24 heavy (non-hydrogen) atoms. The van der Waals surface area contributed by atoms with Gasteiger partial charge in [-0.3, -0.25) is 4.79 Å². The Morgan fingerprint density at radius 2 is 1.96 bits per heavy atom. The number of rotatable bonds is 4. The molecule has 0 spiro atoms. The lowest BCUT2D eigenvalue weighted by Crippen LogP contribution is -2.13. The maximum atomic E-state index is 12.3. The van der Waals surface area contributed by atoms with E-state index in [1.165, 1.54) is 6.08 Å². The summed E-state index contributed by atoms with van der Waals surface area (Å²) in [6.07, 6.45) is 1.52. The number of anilines is 1. The van der Waals surface area contributed by atoms with Crippen LogP contribution in [0.1, 0.15) is 5.56 Å². The Morgan fingerprint density at radius 1 is 1.21 bits per heavy atom. The number of fused-ring (bicyclic) bond motifs is 1. The van der Waals surface area contributed by atoms with Crippen LogP contribution in [-0.2, 0) is 4.79 Å². The molecule has 1 amide bonds. The minimum atomic E-state index is -0.493. The quantitative estimate of drug-likeness (QED) is 0.691. The summed E-state index contributed by atoms with van der Waals surface area (Å²) in [4.78, 5) is 12.3. The standard InChI is InChI=1S/C18H14N2O4/c1-22-15-5-2-12(3-6-15)8-13(10-19)18(21)20-14-4-7-16-17(9-14)24-11-23-16/h2-9H,11H2,1H3,(H,20,21)/b13-8+. The summed E-state index contributed by atoms with van der Waals surface area (Å²) in [6.45, 7) is 0.160. The molecule has 6 nitrogen and oxygen atoms in total. The van der Waals surface area contributed by atoms with Gasteiger partial charge in [0, 0.05) is 11.8 Å². The fourth-order valence-corrected chi connectivity index (χ4v) is 2.19. The van der Waals surface area contributed by atoms with E-state index < -0.39 is 5.91 Å². The third-order valence-electron chi connectivity index (χ3n) is 3.42. The van der Waals surface area contributed by atoms with E-state index in [-0.39, 0.29) is 12.4 Å². The van der Waals surface area contributed by atoms with Crippen LogP contribution in [0.5, 0.6) is 17.2 Å². The molecule has 120 valence electrons. The molecule has 0 unspecified atom stereocenters. The summed E-state index contributed by atoms with van der Waals surface area (Å²) >= 11 is 0. The van der Waals surface area contributed by atoms with Gasteiger partial charge in [0.1, 0.15) is 17.4 Å². The van der Waals surface area contributed by atoms with Crippen LogP contribution in [0.4, 0.5) is 5.69 Å². The Balaban J connectivity index is 1.76. The topological polar surface area (TPSA) is 80.6 Å². The van der Waals surface area contributed by atoms with Gasteiger partial charge in [-0.15, -0.1) is 0 Å². The maximum Gasteiger partial charge on any atom is 0.266 e. The van der Waals surface area contributed by atoms with Crippen LogP contribution in [0.15, 0.2) is 48.0 Å². The summed E-state index contributed by atoms with van der Waals surface area (Å²) in [5, 5.41) is 11.9. The van der Waals surface area contributed by atoms with Gasteiger partial charge in [-0.2, -0.15) is 5.26 Å². The Morgan fingerprint density at radius 3 is 2.67 bits per heavy atom. The van der Waals surface area contributed by atoms with E-state index in [1.807, 2.05) is 6.07 Å². The first kappa shape index (κ1) is 15.4. The van der Waals surface area contributed by atoms with Gasteiger partial charge >= 0.3 is 0 Å². The van der Waals surface area contributed by atoms with E-state index in [2.05, 4.69) is 5.32 Å². The van der Waals surface area contributed by atoms with Gasteiger partial charge in [-0.1, -0.05) is 12.1 Å². The van der Waals surface area contributed by atoms with Crippen LogP contribution in [0.3, 0.4) is 0 Å². The van der Waals surface area contributed by atoms with E-state index in [0.29, 0.717) is 22.9 Å². The summed E-state index contributed by atoms with van der Waals surface area (Å²) in [5.74, 6) is 1.40. The van der Waals surface area contributed by atoms with Crippen molar-refractivity contribution in [2.75, 3.05) is 19.2 Å². The molecule has 1 heterocycles. The molecule has 2 aromatic rings. The molecule has 0 atom stereocenters. The number of nitriles is 1. The summed E-state index contributed by atoms with van der Waals surface area (Å²) in [7, 11) is 1.57. The Kier molecular flexibility index (Phi) is 4.34. The van der Waals surface area contributed by atoms with Crippen LogP contribution in [0.25, 0.3) is 6.08 Å². The third kappa shape index (κ3) is 3.31. The second-order valence-electron chi connectivity index (χ2n) is 4.97. The fraction of sp³-hybridized carbons (Fsp3) is 0.111. The molecule has 0 bridgehead atoms. The number of amides is 1. The second-order valence-corrected chi connectivity index (χ2v) is 4.97. The van der Waals surface area contributed by atoms with Crippen LogP contribution in [0.2, 0.25) is 0 Å². The number of carbonyl (C=O) groups excluding carboxylic acids is 1. The van der Waals surface area contributed by atoms with Crippen molar-refractivity contribution in [1.82, 2.24) is 0 Å². The van der Waals surface area contributed by atoms with E-state index >= 15 is 0 Å². The van der Waals surface area contributed by atoms with E-state index in [1.54, 1.807) is 49.6 Å². The van der Waals surface area contributed by atoms with E-state index in [9.17, 15) is 10.1 Å². The molecule has 0 radical (unpaired) electrons. The van der Waals surface area contributed by atoms with Gasteiger partial charge in [0.15, 0.2) is 11.5 Å². The van der Waals surface area contributed by atoms with Crippen molar-refractivity contribution < 1.29 is 19.0 Å². The molecule has 3 rings (SSSR count). The molecular weight excluding hydrogens is 308 g/mol. The molecule has 1 N–H and O–H groups in total. The number of nitrogens with one attached hydrogen (secondary N) is 1. The molecule has 0 saturated carbocycles. The second kappa shape index (κ2) is 6.75. The van der Waals surface area contributed by atoms with Crippen molar-refractivity contribution in [2.24, 2.45) is 0 Å². The van der Waals surface area contributed by atoms with Crippen molar-refractivity contribution in [3.05, 3.63) is 53.6 Å². The highest BCUT2D eigenvalue weighted by atomic mass is 16.7. The number of methoxy groups -OCH3 is 1. The predicted octanol–water partition coefficient (Wildman–Crippen LogP) is 2.97. The highest BCUT2D eigenvalue weighted by Gasteiger charge is 2.15. The van der Waals surface area contributed by atoms with Crippen LogP contribution < -0.4 is 19.5 Å². The van der Waals surface area contributed by atoms with Crippen molar-refractivity contribution >= 4 is 17.7 Å². The van der Waals surface area contributed by atoms with Crippen LogP contribution >= 0.6 is 0 Å². The van der Waals surface area contributed by atoms with Gasteiger partial charge < -0.3 is 19.5 Å². The number of hydrogen-bond acceptors (Lipinski definition) is 5. The molecule has 1 aliphatic rings. The van der Waals surface area contributed by atoms with Crippen molar-refractivity contribution in [1.29, 1.82) is 5.26 Å². The lowest BCUT2D eigenvalue weighted by atomic mass is 10.1. The summed E-state index contributed by atoms with van der Waals surface area (Å²) < 4.78 is 15.6. The molecule has 1 aliphatic heterocycles. The minimum Gasteiger partial charge on any atom is -0.497 e. The highest BCUT2D eigenvalue weighted by molar-refractivity contribution is 6.09. The zero-order chi connectivity index (χ0) is 16.9. The van der Waals surface area contributed by atoms with Gasteiger partial charge in [-0.25, -0.2) is 0 Å². The van der Waals surface area contributed by atoms with Gasteiger partial charge in [-0.05, 0) is 35.9 Å². The monoisotopic (exact) mass is 322 g/mol. The molecule has 0 fully saturated rings. The predicted molar refractivity (Wildman–Crippen MR) is 87.8 cm³/mol. The molecular formula is C18H14N2O4. The lowest BCUT2D eigenvalue weighted by Gasteiger charge is -2.05. The molecule has 0 saturated heterocycles. The van der Waals surface area contributed by atoms with Gasteiger partial charge in [0.2, 0.25) is 6.79 Å². The highest BCUT2D eigenvalue weighted by Crippen LogP contribution is 2.34. The first-order valence-electron chi connectivity index (χ1n) is 7.16. The van der Waals surface area contributed by atoms with Crippen LogP contribution in [0, 0.1) is 11.3 Å². The van der Waals surface area contributed by atoms with Gasteiger partial charge in [0.05, 0.1) is 7.11 Å². The number of nitrogens with zero attached hydrogens (tertiary/aromatic N) is 1. The third-order valence-corrected chi connectivity index (χ3v) is 3.42. The number of ether oxygens (including phenoxy) is 3. The molecule has 2 aromatic carbocycles. The first-order chi connectivity index (χ1) is 11.7. The smallest absolute Gasteiger partial charge is 0.266 e. The first-order valence-corrected chi connectivity index (χ1v) is 7.16. The van der Waals surface area contributed by atoms with E-state index in [4.69, 9.17) is 14.2 Å². The molecule has 6 heteroatoms. The average Bonchev–Trinajstić information content (AvgIpc) is 3.07. The van der Waals surface area contributed by atoms with Crippen LogP contribution in [-0.4, -0.2) is 19.8 Å². The Hall–Kier alpha value is -3.46. The number of benzene rings is 2. The number of hydrogen-bond donors (Lipinski definition) is 1. The minimum absolute atomic E-state index is 0.00201. The SMILES string of the molecule is COc1ccc(/C=C(\C#N)C(=O)Nc2ccc3c(c2)OCO3)cc1. The van der Waals surface area contributed by atoms with Crippen molar-refractivity contribution in [3.8, 4) is 23.3 Å². The Labute approximate surface area is 138 Å². The maximum absolute atomic E-state index is 12.3. The van der Waals surface area contributed by atoms with E-state index in [0.717, 1.165) is 5.56 Å². The normalized spacial score (nSPS) is 12.4. The van der Waals surface area contributed by atoms with Crippen molar-refractivity contribution in [2.45, 2.75) is 0 Å². The van der Waals surface area contributed by atoms with Crippen molar-refractivity contribution in [3.63, 3.8) is 0 Å².